The zero-order valence-corrected chi connectivity index (χ0v) is 15.3. The van der Waals surface area contributed by atoms with Crippen molar-refractivity contribution in [3.8, 4) is 0 Å². The van der Waals surface area contributed by atoms with Crippen molar-refractivity contribution in [3.05, 3.63) is 51.1 Å². The number of nitro benzene ring substituents is 1. The van der Waals surface area contributed by atoms with Crippen LogP contribution in [0.1, 0.15) is 17.0 Å². The van der Waals surface area contributed by atoms with E-state index in [1.54, 1.807) is 13.8 Å². The molecule has 0 saturated heterocycles. The topological polar surface area (TPSA) is 125 Å². The number of halogens is 1. The summed E-state index contributed by atoms with van der Waals surface area (Å²) in [5.41, 5.74) is 0.899. The van der Waals surface area contributed by atoms with E-state index in [-0.39, 0.29) is 17.1 Å². The predicted molar refractivity (Wildman–Crippen MR) is 94.8 cm³/mol. The number of esters is 1. The molecule has 0 aliphatic rings. The van der Waals surface area contributed by atoms with Crippen LogP contribution in [0.15, 0.2) is 22.7 Å². The molecule has 1 aromatic carbocycles. The highest BCUT2D eigenvalue weighted by Gasteiger charge is 2.15. The summed E-state index contributed by atoms with van der Waals surface area (Å²) in [5, 5.41) is 16.6. The molecule has 27 heavy (non-hydrogen) atoms. The van der Waals surface area contributed by atoms with Gasteiger partial charge in [0, 0.05) is 23.4 Å². The average Bonchev–Trinajstić information content (AvgIpc) is 2.93. The van der Waals surface area contributed by atoms with Gasteiger partial charge in [0.05, 0.1) is 22.1 Å². The first kappa shape index (κ1) is 20.4. The van der Waals surface area contributed by atoms with E-state index in [2.05, 4.69) is 10.5 Å². The van der Waals surface area contributed by atoms with Gasteiger partial charge in [0.15, 0.2) is 6.61 Å². The van der Waals surface area contributed by atoms with Gasteiger partial charge in [0.2, 0.25) is 0 Å². The van der Waals surface area contributed by atoms with Crippen LogP contribution in [0.2, 0.25) is 0 Å². The molecule has 0 radical (unpaired) electrons. The summed E-state index contributed by atoms with van der Waals surface area (Å²) >= 11 is 1.27. The lowest BCUT2D eigenvalue weighted by atomic mass is 10.2. The first-order valence-corrected chi connectivity index (χ1v) is 8.82. The van der Waals surface area contributed by atoms with E-state index in [1.165, 1.54) is 11.8 Å². The smallest absolute Gasteiger partial charge is 0.316 e. The number of thioether (sulfide) groups is 1. The minimum absolute atomic E-state index is 0.00249. The Morgan fingerprint density at radius 2 is 2.15 bits per heavy atom. The molecule has 1 heterocycles. The molecule has 1 amide bonds. The third-order valence-corrected chi connectivity index (χ3v) is 4.38. The third kappa shape index (κ3) is 5.78. The molecule has 2 aromatic rings. The van der Waals surface area contributed by atoms with Gasteiger partial charge in [-0.3, -0.25) is 19.7 Å². The third-order valence-electron chi connectivity index (χ3n) is 3.45. The number of nitrogens with one attached hydrogen (secondary N) is 1. The lowest BCUT2D eigenvalue weighted by Crippen LogP contribution is -2.22. The number of ether oxygens (including phenoxy) is 1. The molecular formula is C16H16FN3O6S. The molecule has 9 nitrogen and oxygen atoms in total. The minimum Gasteiger partial charge on any atom is -0.455 e. The monoisotopic (exact) mass is 397 g/mol. The molecule has 0 aliphatic carbocycles. The summed E-state index contributed by atoms with van der Waals surface area (Å²) in [4.78, 5) is 33.4. The first-order chi connectivity index (χ1) is 12.8. The van der Waals surface area contributed by atoms with Crippen LogP contribution >= 0.6 is 11.8 Å². The fraction of sp³-hybridized carbons (Fsp3) is 0.312. The van der Waals surface area contributed by atoms with Gasteiger partial charge in [-0.1, -0.05) is 5.16 Å². The van der Waals surface area contributed by atoms with E-state index >= 15 is 0 Å². The molecule has 11 heteroatoms. The lowest BCUT2D eigenvalue weighted by molar-refractivity contribution is -0.384. The standard InChI is InChI=1S/C16H16FN3O6S/c1-9-12(10(2)26-19-9)7-27-8-16(22)25-6-15(21)18-14-5-11(20(23)24)3-4-13(14)17/h3-5H,6-8H2,1-2H3,(H,18,21). The second kappa shape index (κ2) is 9.12. The van der Waals surface area contributed by atoms with Crippen LogP contribution in [-0.4, -0.2) is 34.3 Å². The molecule has 0 aliphatic heterocycles. The van der Waals surface area contributed by atoms with Crippen molar-refractivity contribution in [3.63, 3.8) is 0 Å². The van der Waals surface area contributed by atoms with Gasteiger partial charge in [-0.25, -0.2) is 4.39 Å². The molecule has 144 valence electrons. The number of aromatic nitrogens is 1. The Morgan fingerprint density at radius 1 is 1.41 bits per heavy atom. The number of carbonyl (C=O) groups is 2. The highest BCUT2D eigenvalue weighted by atomic mass is 32.2. The SMILES string of the molecule is Cc1noc(C)c1CSCC(=O)OCC(=O)Nc1cc([N+](=O)[O-])ccc1F. The van der Waals surface area contributed by atoms with Gasteiger partial charge in [0.1, 0.15) is 11.6 Å². The molecule has 0 atom stereocenters. The van der Waals surface area contributed by atoms with E-state index in [9.17, 15) is 24.1 Å². The number of anilines is 1. The quantitative estimate of drug-likeness (QED) is 0.409. The summed E-state index contributed by atoms with van der Waals surface area (Å²) in [5.74, 6) is -1.09. The zero-order chi connectivity index (χ0) is 20.0. The Hall–Kier alpha value is -2.95. The zero-order valence-electron chi connectivity index (χ0n) is 14.5. The maximum atomic E-state index is 13.6. The van der Waals surface area contributed by atoms with Crippen LogP contribution in [0.4, 0.5) is 15.8 Å². The maximum Gasteiger partial charge on any atom is 0.316 e. The van der Waals surface area contributed by atoms with E-state index in [1.807, 2.05) is 0 Å². The number of amides is 1. The maximum absolute atomic E-state index is 13.6. The number of non-ortho nitro benzene ring substituents is 1. The predicted octanol–water partition coefficient (Wildman–Crippen LogP) is 2.75. The molecule has 0 unspecified atom stereocenters. The Kier molecular flexibility index (Phi) is 6.88. The van der Waals surface area contributed by atoms with Crippen LogP contribution in [0.3, 0.4) is 0 Å². The fourth-order valence-electron chi connectivity index (χ4n) is 2.04. The fourth-order valence-corrected chi connectivity index (χ4v) is 3.01. The molecule has 0 spiro atoms. The summed E-state index contributed by atoms with van der Waals surface area (Å²) in [6.45, 7) is 2.93. The van der Waals surface area contributed by atoms with E-state index < -0.39 is 29.2 Å². The van der Waals surface area contributed by atoms with E-state index in [0.717, 1.165) is 29.5 Å². The Bertz CT molecular complexity index is 850. The Labute approximate surface area is 157 Å². The van der Waals surface area contributed by atoms with Crippen LogP contribution < -0.4 is 5.32 Å². The van der Waals surface area contributed by atoms with Crippen molar-refractivity contribution in [1.82, 2.24) is 5.16 Å². The van der Waals surface area contributed by atoms with E-state index in [0.29, 0.717) is 11.5 Å². The molecular weight excluding hydrogens is 381 g/mol. The Morgan fingerprint density at radius 3 is 2.78 bits per heavy atom. The highest BCUT2D eigenvalue weighted by Crippen LogP contribution is 2.21. The second-order valence-electron chi connectivity index (χ2n) is 5.43. The van der Waals surface area contributed by atoms with E-state index in [4.69, 9.17) is 9.26 Å². The van der Waals surface area contributed by atoms with Gasteiger partial charge >= 0.3 is 5.97 Å². The first-order valence-electron chi connectivity index (χ1n) is 7.67. The Balaban J connectivity index is 1.77. The number of hydrogen-bond donors (Lipinski definition) is 1. The highest BCUT2D eigenvalue weighted by molar-refractivity contribution is 7.99. The molecule has 1 aromatic heterocycles. The number of nitro groups is 1. The number of aryl methyl sites for hydroxylation is 2. The van der Waals surface area contributed by atoms with Gasteiger partial charge in [0.25, 0.3) is 11.6 Å². The summed E-state index contributed by atoms with van der Waals surface area (Å²) in [7, 11) is 0. The number of rotatable bonds is 8. The van der Waals surface area contributed by atoms with Gasteiger partial charge in [-0.05, 0) is 19.9 Å². The summed E-state index contributed by atoms with van der Waals surface area (Å²) < 4.78 is 23.4. The molecule has 0 fully saturated rings. The lowest BCUT2D eigenvalue weighted by Gasteiger charge is -2.07. The van der Waals surface area contributed by atoms with Crippen molar-refractivity contribution < 1.29 is 28.2 Å². The van der Waals surface area contributed by atoms with Crippen molar-refractivity contribution >= 4 is 35.0 Å². The van der Waals surface area contributed by atoms with Crippen molar-refractivity contribution in [2.45, 2.75) is 19.6 Å². The number of carbonyl (C=O) groups excluding carboxylic acids is 2. The minimum atomic E-state index is -0.838. The summed E-state index contributed by atoms with van der Waals surface area (Å²) in [6.07, 6.45) is 0. The van der Waals surface area contributed by atoms with Crippen LogP contribution in [-0.2, 0) is 20.1 Å². The normalized spacial score (nSPS) is 10.5. The molecule has 1 N–H and O–H groups in total. The van der Waals surface area contributed by atoms with Gasteiger partial charge < -0.3 is 14.6 Å². The van der Waals surface area contributed by atoms with Crippen LogP contribution in [0.25, 0.3) is 0 Å². The largest absolute Gasteiger partial charge is 0.455 e. The van der Waals surface area contributed by atoms with Gasteiger partial charge in [-0.2, -0.15) is 0 Å². The second-order valence-corrected chi connectivity index (χ2v) is 6.41. The number of nitrogens with zero attached hydrogens (tertiary/aromatic N) is 2. The molecule has 0 saturated carbocycles. The molecule has 2 rings (SSSR count). The summed E-state index contributed by atoms with van der Waals surface area (Å²) in [6, 6.07) is 2.72. The van der Waals surface area contributed by atoms with Crippen molar-refractivity contribution in [2.24, 2.45) is 0 Å². The van der Waals surface area contributed by atoms with Gasteiger partial charge in [-0.15, -0.1) is 11.8 Å². The van der Waals surface area contributed by atoms with Crippen molar-refractivity contribution in [2.75, 3.05) is 17.7 Å². The van der Waals surface area contributed by atoms with Crippen LogP contribution in [0.5, 0.6) is 0 Å². The molecule has 0 bridgehead atoms. The van der Waals surface area contributed by atoms with Crippen molar-refractivity contribution in [1.29, 1.82) is 0 Å². The average molecular weight is 397 g/mol. The number of hydrogen-bond acceptors (Lipinski definition) is 8. The number of benzene rings is 1. The van der Waals surface area contributed by atoms with Crippen LogP contribution in [0, 0.1) is 29.8 Å².